The number of carboxylic acids is 1. The van der Waals surface area contributed by atoms with Crippen molar-refractivity contribution in [1.82, 2.24) is 19.4 Å². The molecule has 1 amide bonds. The molecule has 1 aliphatic heterocycles. The van der Waals surface area contributed by atoms with Crippen LogP contribution in [0.2, 0.25) is 0 Å². The maximum Gasteiger partial charge on any atom is 0.341 e. The van der Waals surface area contributed by atoms with Crippen molar-refractivity contribution in [2.45, 2.75) is 51.0 Å². The maximum atomic E-state index is 12.7. The number of aromatic carboxylic acids is 1. The number of pyridine rings is 1. The van der Waals surface area contributed by atoms with Gasteiger partial charge < -0.3 is 19.9 Å². The standard InChI is InChI=1S/C25H27N5O4/c31-21-6-3-12-29(21)13-11-16-7-9-17(10-8-16)27-25-26-14-19-22(32)20(24(33)34)15-30(23(19)28-25)18-4-1-2-5-18/h7-10,14-15,18H,1-6,11-13H2,(H,33,34)(H,26,27,28). The van der Waals surface area contributed by atoms with Gasteiger partial charge in [0.25, 0.3) is 0 Å². The highest BCUT2D eigenvalue weighted by atomic mass is 16.4. The summed E-state index contributed by atoms with van der Waals surface area (Å²) < 4.78 is 1.84. The van der Waals surface area contributed by atoms with Crippen LogP contribution in [-0.2, 0) is 11.2 Å². The van der Waals surface area contributed by atoms with Gasteiger partial charge in [-0.3, -0.25) is 9.59 Å². The minimum Gasteiger partial charge on any atom is -0.477 e. The lowest BCUT2D eigenvalue weighted by Crippen LogP contribution is -2.26. The first kappa shape index (κ1) is 22.1. The number of carbonyl (C=O) groups is 2. The summed E-state index contributed by atoms with van der Waals surface area (Å²) in [4.78, 5) is 46.9. The van der Waals surface area contributed by atoms with Crippen LogP contribution in [0, 0.1) is 0 Å². The number of carbonyl (C=O) groups excluding carboxylic acids is 1. The van der Waals surface area contributed by atoms with Crippen molar-refractivity contribution in [3.8, 4) is 0 Å². The molecule has 3 aromatic rings. The number of nitrogens with zero attached hydrogens (tertiary/aromatic N) is 4. The Bertz CT molecular complexity index is 1300. The molecule has 3 heterocycles. The summed E-state index contributed by atoms with van der Waals surface area (Å²) in [5.41, 5.74) is 1.57. The molecule has 2 aliphatic rings. The Hall–Kier alpha value is -3.75. The Kier molecular flexibility index (Phi) is 6.00. The first-order chi connectivity index (χ1) is 16.5. The lowest BCUT2D eigenvalue weighted by Gasteiger charge is -2.18. The summed E-state index contributed by atoms with van der Waals surface area (Å²) in [6.45, 7) is 1.58. The molecule has 2 aromatic heterocycles. The number of rotatable bonds is 7. The average Bonchev–Trinajstić information content (AvgIpc) is 3.51. The predicted octanol–water partition coefficient (Wildman–Crippen LogP) is 3.51. The maximum absolute atomic E-state index is 12.7. The molecule has 9 nitrogen and oxygen atoms in total. The molecule has 5 rings (SSSR count). The van der Waals surface area contributed by atoms with Crippen LogP contribution in [0.4, 0.5) is 11.6 Å². The van der Waals surface area contributed by atoms with Gasteiger partial charge in [0.05, 0.1) is 5.39 Å². The van der Waals surface area contributed by atoms with Crippen molar-refractivity contribution in [3.05, 3.63) is 58.0 Å². The third-order valence-electron chi connectivity index (χ3n) is 6.77. The zero-order valence-corrected chi connectivity index (χ0v) is 18.9. The zero-order valence-electron chi connectivity index (χ0n) is 18.9. The third kappa shape index (κ3) is 4.37. The second kappa shape index (κ2) is 9.24. The van der Waals surface area contributed by atoms with Gasteiger partial charge in [-0.05, 0) is 43.4 Å². The fourth-order valence-corrected chi connectivity index (χ4v) is 4.90. The molecule has 0 spiro atoms. The SMILES string of the molecule is O=C(O)c1cn(C2CCCC2)c2nc(Nc3ccc(CCN4CCCC4=O)cc3)ncc2c1=O. The second-order valence-electron chi connectivity index (χ2n) is 9.01. The van der Waals surface area contributed by atoms with E-state index in [1.807, 2.05) is 33.7 Å². The van der Waals surface area contributed by atoms with Gasteiger partial charge in [-0.2, -0.15) is 4.98 Å². The van der Waals surface area contributed by atoms with Crippen LogP contribution >= 0.6 is 0 Å². The van der Waals surface area contributed by atoms with E-state index >= 15 is 0 Å². The van der Waals surface area contributed by atoms with Gasteiger partial charge in [-0.25, -0.2) is 9.78 Å². The molecule has 1 aromatic carbocycles. The molecular weight excluding hydrogens is 434 g/mol. The zero-order chi connectivity index (χ0) is 23.7. The molecular formula is C25H27N5O4. The molecule has 9 heteroatoms. The van der Waals surface area contributed by atoms with E-state index in [-0.39, 0.29) is 22.9 Å². The smallest absolute Gasteiger partial charge is 0.341 e. The van der Waals surface area contributed by atoms with Crippen molar-refractivity contribution < 1.29 is 14.7 Å². The van der Waals surface area contributed by atoms with Crippen LogP contribution in [0.5, 0.6) is 0 Å². The lowest BCUT2D eigenvalue weighted by atomic mass is 10.1. The number of fused-ring (bicyclic) bond motifs is 1. The fraction of sp³-hybridized carbons (Fsp3) is 0.400. The second-order valence-corrected chi connectivity index (χ2v) is 9.01. The monoisotopic (exact) mass is 461 g/mol. The number of anilines is 2. The minimum absolute atomic E-state index is 0.116. The van der Waals surface area contributed by atoms with Crippen LogP contribution in [0.15, 0.2) is 41.5 Å². The summed E-state index contributed by atoms with van der Waals surface area (Å²) in [5.74, 6) is -0.662. The Balaban J connectivity index is 1.38. The number of aromatic nitrogens is 3. The van der Waals surface area contributed by atoms with Crippen molar-refractivity contribution in [1.29, 1.82) is 0 Å². The van der Waals surface area contributed by atoms with Gasteiger partial charge in [-0.1, -0.05) is 25.0 Å². The summed E-state index contributed by atoms with van der Waals surface area (Å²) in [6, 6.07) is 8.01. The van der Waals surface area contributed by atoms with E-state index in [4.69, 9.17) is 0 Å². The third-order valence-corrected chi connectivity index (χ3v) is 6.77. The van der Waals surface area contributed by atoms with Gasteiger partial charge in [0.15, 0.2) is 0 Å². The van der Waals surface area contributed by atoms with Crippen molar-refractivity contribution in [3.63, 3.8) is 0 Å². The van der Waals surface area contributed by atoms with Crippen LogP contribution in [0.1, 0.15) is 60.5 Å². The molecule has 34 heavy (non-hydrogen) atoms. The van der Waals surface area contributed by atoms with Gasteiger partial charge in [0.1, 0.15) is 11.2 Å². The molecule has 0 radical (unpaired) electrons. The lowest BCUT2D eigenvalue weighted by molar-refractivity contribution is -0.127. The topological polar surface area (TPSA) is 117 Å². The van der Waals surface area contributed by atoms with Crippen molar-refractivity contribution in [2.75, 3.05) is 18.4 Å². The Morgan fingerprint density at radius 2 is 1.88 bits per heavy atom. The molecule has 1 aliphatic carbocycles. The first-order valence-corrected chi connectivity index (χ1v) is 11.8. The summed E-state index contributed by atoms with van der Waals surface area (Å²) >= 11 is 0. The van der Waals surface area contributed by atoms with Crippen LogP contribution in [-0.4, -0.2) is 49.5 Å². The van der Waals surface area contributed by atoms with E-state index in [1.54, 1.807) is 0 Å². The van der Waals surface area contributed by atoms with Gasteiger partial charge in [-0.15, -0.1) is 0 Å². The van der Waals surface area contributed by atoms with E-state index in [1.165, 1.54) is 12.4 Å². The fourth-order valence-electron chi connectivity index (χ4n) is 4.90. The quantitative estimate of drug-likeness (QED) is 0.553. The average molecular weight is 462 g/mol. The van der Waals surface area contributed by atoms with Crippen LogP contribution in [0.3, 0.4) is 0 Å². The van der Waals surface area contributed by atoms with E-state index in [9.17, 15) is 19.5 Å². The highest BCUT2D eigenvalue weighted by Crippen LogP contribution is 2.31. The van der Waals surface area contributed by atoms with E-state index in [2.05, 4.69) is 15.3 Å². The predicted molar refractivity (Wildman–Crippen MR) is 128 cm³/mol. The molecule has 176 valence electrons. The number of amides is 1. The van der Waals surface area contributed by atoms with Gasteiger partial charge in [0.2, 0.25) is 17.3 Å². The largest absolute Gasteiger partial charge is 0.477 e. The van der Waals surface area contributed by atoms with Crippen molar-refractivity contribution >= 4 is 34.5 Å². The summed E-state index contributed by atoms with van der Waals surface area (Å²) in [6.07, 6.45) is 9.22. The molecule has 1 saturated carbocycles. The molecule has 1 saturated heterocycles. The summed E-state index contributed by atoms with van der Waals surface area (Å²) in [7, 11) is 0. The Morgan fingerprint density at radius 3 is 2.56 bits per heavy atom. The minimum atomic E-state index is -1.24. The van der Waals surface area contributed by atoms with E-state index in [0.717, 1.165) is 62.9 Å². The van der Waals surface area contributed by atoms with Crippen LogP contribution in [0.25, 0.3) is 11.0 Å². The molecule has 2 N–H and O–H groups in total. The van der Waals surface area contributed by atoms with Crippen molar-refractivity contribution in [2.24, 2.45) is 0 Å². The number of carboxylic acid groups (broad SMARTS) is 1. The number of likely N-dealkylation sites (tertiary alicyclic amines) is 1. The normalized spacial score (nSPS) is 16.5. The Labute approximate surface area is 196 Å². The molecule has 0 bridgehead atoms. The number of benzene rings is 1. The molecule has 0 unspecified atom stereocenters. The highest BCUT2D eigenvalue weighted by molar-refractivity contribution is 5.91. The number of hydrogen-bond donors (Lipinski definition) is 2. The molecule has 0 atom stereocenters. The van der Waals surface area contributed by atoms with Crippen LogP contribution < -0.4 is 10.7 Å². The van der Waals surface area contributed by atoms with Gasteiger partial charge >= 0.3 is 5.97 Å². The van der Waals surface area contributed by atoms with Gasteiger partial charge in [0, 0.05) is 43.6 Å². The highest BCUT2D eigenvalue weighted by Gasteiger charge is 2.23. The van der Waals surface area contributed by atoms with E-state index in [0.29, 0.717) is 18.0 Å². The number of hydrogen-bond acceptors (Lipinski definition) is 6. The first-order valence-electron chi connectivity index (χ1n) is 11.8. The van der Waals surface area contributed by atoms with E-state index < -0.39 is 11.4 Å². The summed E-state index contributed by atoms with van der Waals surface area (Å²) in [5, 5.41) is 12.9. The molecule has 2 fully saturated rings. The number of nitrogens with one attached hydrogen (secondary N) is 1. The Morgan fingerprint density at radius 1 is 1.12 bits per heavy atom.